The predicted molar refractivity (Wildman–Crippen MR) is 74.8 cm³/mol. The van der Waals surface area contributed by atoms with E-state index in [0.29, 0.717) is 0 Å². The average Bonchev–Trinajstić information content (AvgIpc) is 3.06. The SMILES string of the molecule is CC(C)(C)C(=O)NCC1(c2ccc(Cl)cc2)CC1. The lowest BCUT2D eigenvalue weighted by atomic mass is 9.93. The standard InChI is InChI=1S/C15H20ClNO/c1-14(2,3)13(18)17-10-15(8-9-15)11-4-6-12(16)7-5-11/h4-7H,8-10H2,1-3H3,(H,17,18). The molecule has 1 amide bonds. The molecule has 1 aliphatic rings. The molecule has 98 valence electrons. The van der Waals surface area contributed by atoms with E-state index in [0.717, 1.165) is 24.4 Å². The molecule has 0 saturated heterocycles. The van der Waals surface area contributed by atoms with Crippen LogP contribution in [0.25, 0.3) is 0 Å². The summed E-state index contributed by atoms with van der Waals surface area (Å²) in [5.74, 6) is 0.114. The number of nitrogens with one attached hydrogen (secondary N) is 1. The summed E-state index contributed by atoms with van der Waals surface area (Å²) in [6.07, 6.45) is 2.28. The summed E-state index contributed by atoms with van der Waals surface area (Å²) in [6.45, 7) is 6.53. The van der Waals surface area contributed by atoms with Gasteiger partial charge in [-0.2, -0.15) is 0 Å². The highest BCUT2D eigenvalue weighted by Gasteiger charge is 2.44. The molecule has 1 fully saturated rings. The van der Waals surface area contributed by atoms with Crippen molar-refractivity contribution in [1.29, 1.82) is 0 Å². The normalized spacial score (nSPS) is 17.3. The van der Waals surface area contributed by atoms with Gasteiger partial charge in [0.1, 0.15) is 0 Å². The maximum Gasteiger partial charge on any atom is 0.225 e. The molecule has 18 heavy (non-hydrogen) atoms. The lowest BCUT2D eigenvalue weighted by molar-refractivity contribution is -0.128. The zero-order valence-corrected chi connectivity index (χ0v) is 12.0. The van der Waals surface area contributed by atoms with Gasteiger partial charge in [-0.05, 0) is 30.5 Å². The van der Waals surface area contributed by atoms with Gasteiger partial charge in [0, 0.05) is 22.4 Å². The van der Waals surface area contributed by atoms with Gasteiger partial charge < -0.3 is 5.32 Å². The Hall–Kier alpha value is -1.02. The molecular weight excluding hydrogens is 246 g/mol. The van der Waals surface area contributed by atoms with Crippen molar-refractivity contribution in [3.8, 4) is 0 Å². The minimum Gasteiger partial charge on any atom is -0.355 e. The van der Waals surface area contributed by atoms with E-state index in [1.54, 1.807) is 0 Å². The Morgan fingerprint density at radius 2 is 1.83 bits per heavy atom. The first-order valence-corrected chi connectivity index (χ1v) is 6.76. The van der Waals surface area contributed by atoms with Gasteiger partial charge in [-0.1, -0.05) is 44.5 Å². The van der Waals surface area contributed by atoms with Gasteiger partial charge in [-0.15, -0.1) is 0 Å². The highest BCUT2D eigenvalue weighted by molar-refractivity contribution is 6.30. The quantitative estimate of drug-likeness (QED) is 0.890. The second-order valence-electron chi connectivity index (χ2n) is 6.22. The molecule has 0 aliphatic heterocycles. The summed E-state index contributed by atoms with van der Waals surface area (Å²) < 4.78 is 0. The molecule has 1 aromatic rings. The Kier molecular flexibility index (Phi) is 3.41. The summed E-state index contributed by atoms with van der Waals surface area (Å²) >= 11 is 5.90. The number of carbonyl (C=O) groups excluding carboxylic acids is 1. The summed E-state index contributed by atoms with van der Waals surface area (Å²) in [5.41, 5.74) is 1.10. The monoisotopic (exact) mass is 265 g/mol. The van der Waals surface area contributed by atoms with E-state index in [2.05, 4.69) is 17.4 Å². The minimum absolute atomic E-state index is 0.114. The number of halogens is 1. The number of hydrogen-bond acceptors (Lipinski definition) is 1. The fraction of sp³-hybridized carbons (Fsp3) is 0.533. The first kappa shape index (κ1) is 13.4. The molecular formula is C15H20ClNO. The van der Waals surface area contributed by atoms with Crippen molar-refractivity contribution in [2.24, 2.45) is 5.41 Å². The van der Waals surface area contributed by atoms with Gasteiger partial charge in [0.2, 0.25) is 5.91 Å². The van der Waals surface area contributed by atoms with Crippen molar-refractivity contribution in [3.05, 3.63) is 34.9 Å². The third-order valence-electron chi connectivity index (χ3n) is 3.58. The van der Waals surface area contributed by atoms with Crippen molar-refractivity contribution >= 4 is 17.5 Å². The number of hydrogen-bond donors (Lipinski definition) is 1. The van der Waals surface area contributed by atoms with Crippen LogP contribution >= 0.6 is 11.6 Å². The topological polar surface area (TPSA) is 29.1 Å². The van der Waals surface area contributed by atoms with Crippen molar-refractivity contribution in [1.82, 2.24) is 5.32 Å². The van der Waals surface area contributed by atoms with Crippen molar-refractivity contribution in [3.63, 3.8) is 0 Å². The number of amides is 1. The van der Waals surface area contributed by atoms with Crippen molar-refractivity contribution < 1.29 is 4.79 Å². The summed E-state index contributed by atoms with van der Waals surface area (Å²) in [6, 6.07) is 7.97. The van der Waals surface area contributed by atoms with E-state index in [1.165, 1.54) is 5.56 Å². The van der Waals surface area contributed by atoms with Crippen LogP contribution in [0, 0.1) is 5.41 Å². The van der Waals surface area contributed by atoms with Crippen LogP contribution in [0.3, 0.4) is 0 Å². The number of benzene rings is 1. The maximum absolute atomic E-state index is 11.9. The van der Waals surface area contributed by atoms with Gasteiger partial charge >= 0.3 is 0 Å². The Labute approximate surface area is 114 Å². The lowest BCUT2D eigenvalue weighted by Crippen LogP contribution is -2.39. The smallest absolute Gasteiger partial charge is 0.225 e. The lowest BCUT2D eigenvalue weighted by Gasteiger charge is -2.22. The Morgan fingerprint density at radius 1 is 1.28 bits per heavy atom. The molecule has 0 unspecified atom stereocenters. The molecule has 1 N–H and O–H groups in total. The minimum atomic E-state index is -0.323. The van der Waals surface area contributed by atoms with E-state index in [9.17, 15) is 4.79 Å². The third-order valence-corrected chi connectivity index (χ3v) is 3.83. The predicted octanol–water partition coefficient (Wildman–Crippen LogP) is 3.53. The molecule has 1 aromatic carbocycles. The zero-order chi connectivity index (χ0) is 13.4. The fourth-order valence-electron chi connectivity index (χ4n) is 2.04. The highest BCUT2D eigenvalue weighted by Crippen LogP contribution is 2.47. The van der Waals surface area contributed by atoms with Crippen molar-refractivity contribution in [2.45, 2.75) is 39.0 Å². The van der Waals surface area contributed by atoms with Crippen LogP contribution in [0.15, 0.2) is 24.3 Å². The molecule has 1 saturated carbocycles. The molecule has 0 heterocycles. The van der Waals surface area contributed by atoms with Crippen LogP contribution < -0.4 is 5.32 Å². The molecule has 2 nitrogen and oxygen atoms in total. The summed E-state index contributed by atoms with van der Waals surface area (Å²) in [5, 5.41) is 3.82. The molecule has 0 aromatic heterocycles. The van der Waals surface area contributed by atoms with Crippen LogP contribution in [0.1, 0.15) is 39.2 Å². The average molecular weight is 266 g/mol. The van der Waals surface area contributed by atoms with Gasteiger partial charge in [0.05, 0.1) is 0 Å². The number of carbonyl (C=O) groups is 1. The fourth-order valence-corrected chi connectivity index (χ4v) is 2.16. The zero-order valence-electron chi connectivity index (χ0n) is 11.2. The van der Waals surface area contributed by atoms with Gasteiger partial charge in [-0.3, -0.25) is 4.79 Å². The molecule has 3 heteroatoms. The van der Waals surface area contributed by atoms with Crippen LogP contribution in [0.5, 0.6) is 0 Å². The van der Waals surface area contributed by atoms with Crippen LogP contribution in [0.4, 0.5) is 0 Å². The Bertz CT molecular complexity index is 441. The maximum atomic E-state index is 11.9. The van der Waals surface area contributed by atoms with Gasteiger partial charge in [0.15, 0.2) is 0 Å². The van der Waals surface area contributed by atoms with Gasteiger partial charge in [0.25, 0.3) is 0 Å². The largest absolute Gasteiger partial charge is 0.355 e. The summed E-state index contributed by atoms with van der Waals surface area (Å²) in [4.78, 5) is 11.9. The third kappa shape index (κ3) is 2.86. The van der Waals surface area contributed by atoms with E-state index < -0.39 is 0 Å². The Balaban J connectivity index is 2.01. The van der Waals surface area contributed by atoms with Crippen LogP contribution in [0.2, 0.25) is 5.02 Å². The molecule has 0 radical (unpaired) electrons. The first-order valence-electron chi connectivity index (χ1n) is 6.38. The highest BCUT2D eigenvalue weighted by atomic mass is 35.5. The molecule has 0 bridgehead atoms. The molecule has 0 spiro atoms. The van der Waals surface area contributed by atoms with E-state index in [1.807, 2.05) is 32.9 Å². The molecule has 2 rings (SSSR count). The number of rotatable bonds is 3. The van der Waals surface area contributed by atoms with Crippen molar-refractivity contribution in [2.75, 3.05) is 6.54 Å². The second kappa shape index (κ2) is 4.58. The second-order valence-corrected chi connectivity index (χ2v) is 6.66. The Morgan fingerprint density at radius 3 is 2.28 bits per heavy atom. The van der Waals surface area contributed by atoms with E-state index in [-0.39, 0.29) is 16.7 Å². The molecule has 0 atom stereocenters. The van der Waals surface area contributed by atoms with Crippen LogP contribution in [-0.2, 0) is 10.2 Å². The van der Waals surface area contributed by atoms with Gasteiger partial charge in [-0.25, -0.2) is 0 Å². The first-order chi connectivity index (χ1) is 8.33. The molecule has 1 aliphatic carbocycles. The van der Waals surface area contributed by atoms with E-state index >= 15 is 0 Å². The van der Waals surface area contributed by atoms with E-state index in [4.69, 9.17) is 11.6 Å². The van der Waals surface area contributed by atoms with Crippen LogP contribution in [-0.4, -0.2) is 12.5 Å². The summed E-state index contributed by atoms with van der Waals surface area (Å²) in [7, 11) is 0.